The van der Waals surface area contributed by atoms with Crippen molar-refractivity contribution in [3.05, 3.63) is 58.9 Å². The third kappa shape index (κ3) is 3.53. The fraction of sp³-hybridized carbons (Fsp3) is 0.368. The number of rotatable bonds is 1. The molecule has 0 fully saturated rings. The van der Waals surface area contributed by atoms with E-state index in [1.165, 1.54) is 16.8 Å². The van der Waals surface area contributed by atoms with Crippen molar-refractivity contribution in [1.82, 2.24) is 4.98 Å². The largest absolute Gasteiger partial charge is 0.373 e. The van der Waals surface area contributed by atoms with Gasteiger partial charge in [0.05, 0.1) is 0 Å². The molecule has 0 saturated carbocycles. The van der Waals surface area contributed by atoms with Gasteiger partial charge in [-0.15, -0.1) is 0 Å². The number of aryl methyl sites for hydroxylation is 2. The highest BCUT2D eigenvalue weighted by atomic mass is 16.1. The molecule has 0 aliphatic carbocycles. The van der Waals surface area contributed by atoms with Crippen molar-refractivity contribution >= 4 is 12.0 Å². The minimum atomic E-state index is 0.316. The Kier molecular flexibility index (Phi) is 4.65. The summed E-state index contributed by atoms with van der Waals surface area (Å²) in [5, 5.41) is 0. The average molecular weight is 296 g/mol. The van der Waals surface area contributed by atoms with Gasteiger partial charge in [-0.3, -0.25) is 9.78 Å². The first-order valence-corrected chi connectivity index (χ1v) is 7.53. The molecule has 22 heavy (non-hydrogen) atoms. The summed E-state index contributed by atoms with van der Waals surface area (Å²) < 4.78 is 0. The predicted octanol–water partition coefficient (Wildman–Crippen LogP) is 3.92. The van der Waals surface area contributed by atoms with Gasteiger partial charge in [0.2, 0.25) is 0 Å². The van der Waals surface area contributed by atoms with Gasteiger partial charge >= 0.3 is 0 Å². The molecule has 0 radical (unpaired) electrons. The quantitative estimate of drug-likeness (QED) is 0.748. The van der Waals surface area contributed by atoms with E-state index in [1.54, 1.807) is 18.3 Å². The summed E-state index contributed by atoms with van der Waals surface area (Å²) in [5.41, 5.74) is 6.13. The summed E-state index contributed by atoms with van der Waals surface area (Å²) >= 11 is 0. The number of hydrogen-bond acceptors (Lipinski definition) is 3. The van der Waals surface area contributed by atoms with Crippen molar-refractivity contribution in [2.24, 2.45) is 0 Å². The van der Waals surface area contributed by atoms with Crippen LogP contribution in [-0.4, -0.2) is 24.9 Å². The molecule has 2 heterocycles. The smallest absolute Gasteiger partial charge is 0.150 e. The van der Waals surface area contributed by atoms with E-state index >= 15 is 0 Å². The number of aldehydes is 1. The number of benzene rings is 1. The number of nitrogens with zero attached hydrogens (tertiary/aromatic N) is 2. The van der Waals surface area contributed by atoms with Gasteiger partial charge in [0.25, 0.3) is 0 Å². The molecule has 2 aromatic rings. The number of anilines is 1. The van der Waals surface area contributed by atoms with Crippen molar-refractivity contribution in [2.45, 2.75) is 33.1 Å². The van der Waals surface area contributed by atoms with E-state index in [0.717, 1.165) is 18.5 Å². The summed E-state index contributed by atoms with van der Waals surface area (Å²) in [6, 6.07) is 10.2. The molecule has 0 unspecified atom stereocenters. The minimum absolute atomic E-state index is 0.316. The van der Waals surface area contributed by atoms with Crippen LogP contribution in [0.5, 0.6) is 0 Å². The number of pyridine rings is 1. The fourth-order valence-electron chi connectivity index (χ4n) is 2.93. The maximum Gasteiger partial charge on any atom is 0.150 e. The maximum atomic E-state index is 10.1. The fourth-order valence-corrected chi connectivity index (χ4v) is 2.93. The van der Waals surface area contributed by atoms with Gasteiger partial charge in [0, 0.05) is 42.1 Å². The molecule has 0 saturated heterocycles. The number of fused-ring (bicyclic) bond motifs is 1. The number of carbonyl (C=O) groups is 1. The van der Waals surface area contributed by atoms with Gasteiger partial charge < -0.3 is 4.90 Å². The summed E-state index contributed by atoms with van der Waals surface area (Å²) in [5.74, 6) is 0. The van der Waals surface area contributed by atoms with E-state index in [2.05, 4.69) is 55.9 Å². The Bertz CT molecular complexity index is 677. The zero-order valence-corrected chi connectivity index (χ0v) is 14.1. The molecule has 1 aliphatic rings. The molecule has 0 amide bonds. The number of hydrogen-bond donors (Lipinski definition) is 0. The highest BCUT2D eigenvalue weighted by Crippen LogP contribution is 2.39. The van der Waals surface area contributed by atoms with Crippen molar-refractivity contribution < 1.29 is 4.79 Å². The highest BCUT2D eigenvalue weighted by Gasteiger charge is 2.32. The van der Waals surface area contributed by atoms with Crippen LogP contribution in [0.15, 0.2) is 36.5 Å². The monoisotopic (exact) mass is 296 g/mol. The highest BCUT2D eigenvalue weighted by molar-refractivity contribution is 5.74. The zero-order chi connectivity index (χ0) is 16.3. The first kappa shape index (κ1) is 16.2. The lowest BCUT2D eigenvalue weighted by Gasteiger charge is -2.18. The third-order valence-electron chi connectivity index (χ3n) is 3.98. The van der Waals surface area contributed by atoms with Gasteiger partial charge in [-0.2, -0.15) is 0 Å². The molecule has 3 nitrogen and oxygen atoms in total. The second kappa shape index (κ2) is 6.30. The van der Waals surface area contributed by atoms with Crippen LogP contribution >= 0.6 is 0 Å². The van der Waals surface area contributed by atoms with Crippen LogP contribution in [0.2, 0.25) is 0 Å². The van der Waals surface area contributed by atoms with Crippen LogP contribution in [0, 0.1) is 13.8 Å². The van der Waals surface area contributed by atoms with Crippen LogP contribution in [0.25, 0.3) is 0 Å². The van der Waals surface area contributed by atoms with Gasteiger partial charge in [-0.1, -0.05) is 31.5 Å². The molecule has 0 bridgehead atoms. The molecule has 0 spiro atoms. The first-order valence-electron chi connectivity index (χ1n) is 7.53. The van der Waals surface area contributed by atoms with Gasteiger partial charge in [0.1, 0.15) is 6.29 Å². The summed E-state index contributed by atoms with van der Waals surface area (Å²) in [4.78, 5) is 16.4. The van der Waals surface area contributed by atoms with E-state index in [4.69, 9.17) is 0 Å². The van der Waals surface area contributed by atoms with E-state index < -0.39 is 0 Å². The van der Waals surface area contributed by atoms with E-state index in [0.29, 0.717) is 11.0 Å². The Labute approximate surface area is 133 Å². The molecule has 0 N–H and O–H groups in total. The maximum absolute atomic E-state index is 10.1. The van der Waals surface area contributed by atoms with Gasteiger partial charge in [0.15, 0.2) is 0 Å². The second-order valence-corrected chi connectivity index (χ2v) is 6.61. The number of aromatic nitrogens is 1. The Morgan fingerprint density at radius 2 is 1.91 bits per heavy atom. The number of likely N-dealkylation sites (N-methyl/N-ethyl adjacent to an activating group) is 1. The Balaban J connectivity index is 0.000000172. The number of carbonyl (C=O) groups excluding carboxylic acids is 1. The summed E-state index contributed by atoms with van der Waals surface area (Å²) in [6.07, 6.45) is 2.44. The van der Waals surface area contributed by atoms with E-state index in [-0.39, 0.29) is 0 Å². The topological polar surface area (TPSA) is 33.2 Å². The van der Waals surface area contributed by atoms with E-state index in [9.17, 15) is 4.79 Å². The van der Waals surface area contributed by atoms with Crippen molar-refractivity contribution in [2.75, 3.05) is 18.5 Å². The van der Waals surface area contributed by atoms with Crippen molar-refractivity contribution in [3.8, 4) is 0 Å². The normalized spacial score (nSPS) is 14.9. The second-order valence-electron chi connectivity index (χ2n) is 6.61. The molecule has 3 rings (SSSR count). The predicted molar refractivity (Wildman–Crippen MR) is 91.8 cm³/mol. The Hall–Kier alpha value is -2.16. The lowest BCUT2D eigenvalue weighted by atomic mass is 9.86. The molecule has 0 atom stereocenters. The molecule has 3 heteroatoms. The van der Waals surface area contributed by atoms with E-state index in [1.807, 2.05) is 6.92 Å². The Morgan fingerprint density at radius 1 is 1.18 bits per heavy atom. The molecule has 1 aromatic carbocycles. The molecular formula is C19H24N2O. The summed E-state index contributed by atoms with van der Waals surface area (Å²) in [7, 11) is 2.17. The lowest BCUT2D eigenvalue weighted by molar-refractivity contribution is 0.112. The van der Waals surface area contributed by atoms with Crippen LogP contribution in [0.3, 0.4) is 0 Å². The van der Waals surface area contributed by atoms with Crippen LogP contribution in [0.4, 0.5) is 5.69 Å². The Morgan fingerprint density at radius 3 is 2.50 bits per heavy atom. The molecular weight excluding hydrogens is 272 g/mol. The van der Waals surface area contributed by atoms with Crippen LogP contribution in [0.1, 0.15) is 41.0 Å². The average Bonchev–Trinajstić information content (AvgIpc) is 2.69. The van der Waals surface area contributed by atoms with Gasteiger partial charge in [-0.25, -0.2) is 0 Å². The first-order chi connectivity index (χ1) is 10.3. The van der Waals surface area contributed by atoms with Crippen molar-refractivity contribution in [3.63, 3.8) is 0 Å². The summed E-state index contributed by atoms with van der Waals surface area (Å²) in [6.45, 7) is 9.77. The molecule has 1 aromatic heterocycles. The van der Waals surface area contributed by atoms with Crippen molar-refractivity contribution in [1.29, 1.82) is 0 Å². The minimum Gasteiger partial charge on any atom is -0.373 e. The SMILES string of the molecule is Cc1cc(C=O)ccn1.Cc1ccc2c(c1)C(C)(C)CN2C. The van der Waals surface area contributed by atoms with Crippen LogP contribution in [-0.2, 0) is 5.41 Å². The van der Waals surface area contributed by atoms with Crippen LogP contribution < -0.4 is 4.90 Å². The lowest BCUT2D eigenvalue weighted by Crippen LogP contribution is -2.24. The van der Waals surface area contributed by atoms with Gasteiger partial charge in [-0.05, 0) is 37.6 Å². The third-order valence-corrected chi connectivity index (χ3v) is 3.98. The standard InChI is InChI=1S/C12H17N.C7H7NO/c1-9-5-6-11-10(7-9)12(2,3)8-13(11)4;1-6-4-7(5-9)2-3-8-6/h5-7H,8H2,1-4H3;2-5H,1H3. The zero-order valence-electron chi connectivity index (χ0n) is 14.1. The molecule has 116 valence electrons. The molecule has 1 aliphatic heterocycles.